The van der Waals surface area contributed by atoms with Gasteiger partial charge in [-0.05, 0) is 49.8 Å². The second-order valence-corrected chi connectivity index (χ2v) is 11.0. The van der Waals surface area contributed by atoms with Gasteiger partial charge in [-0.3, -0.25) is 4.79 Å². The molecule has 0 spiro atoms. The molecule has 1 saturated carbocycles. The molecule has 0 saturated heterocycles. The molecule has 1 amide bonds. The largest absolute Gasteiger partial charge is 0.393 e. The molecule has 0 aliphatic heterocycles. The number of aliphatic hydroxyl groups excluding tert-OH is 1. The predicted octanol–water partition coefficient (Wildman–Crippen LogP) is 3.69. The van der Waals surface area contributed by atoms with E-state index in [1.165, 1.54) is 32.1 Å². The number of ether oxygens (including phenoxy) is 2. The summed E-state index contributed by atoms with van der Waals surface area (Å²) >= 11 is 0. The summed E-state index contributed by atoms with van der Waals surface area (Å²) in [6.07, 6.45) is 10.4. The zero-order chi connectivity index (χ0) is 30.5. The van der Waals surface area contributed by atoms with Crippen molar-refractivity contribution in [3.05, 3.63) is 35.4 Å². The summed E-state index contributed by atoms with van der Waals surface area (Å²) in [6, 6.07) is 7.67. The number of nitrogens with one attached hydrogen (secondary N) is 4. The summed E-state index contributed by atoms with van der Waals surface area (Å²) < 4.78 is 10.7. The van der Waals surface area contributed by atoms with Gasteiger partial charge in [-0.15, -0.1) is 0 Å². The van der Waals surface area contributed by atoms with E-state index in [9.17, 15) is 9.90 Å². The highest BCUT2D eigenvalue weighted by atomic mass is 16.5. The molecule has 1 fully saturated rings. The molecule has 1 aliphatic rings. The third-order valence-electron chi connectivity index (χ3n) is 7.31. The van der Waals surface area contributed by atoms with Crippen LogP contribution in [-0.4, -0.2) is 84.2 Å². The van der Waals surface area contributed by atoms with Gasteiger partial charge >= 0.3 is 0 Å². The summed E-state index contributed by atoms with van der Waals surface area (Å²) in [7, 11) is 0. The number of unbranched alkanes of at least 4 members (excludes halogenated alkanes) is 5. The summed E-state index contributed by atoms with van der Waals surface area (Å²) in [5, 5.41) is 22.8. The number of rotatable bonds is 22. The Labute approximate surface area is 256 Å². The van der Waals surface area contributed by atoms with Crippen LogP contribution in [0.15, 0.2) is 24.3 Å². The van der Waals surface area contributed by atoms with Gasteiger partial charge in [0.1, 0.15) is 0 Å². The van der Waals surface area contributed by atoms with E-state index in [4.69, 9.17) is 15.2 Å². The van der Waals surface area contributed by atoms with Crippen LogP contribution in [0.3, 0.4) is 0 Å². The van der Waals surface area contributed by atoms with Gasteiger partial charge in [0.2, 0.25) is 17.8 Å². The highest BCUT2D eigenvalue weighted by Gasteiger charge is 2.20. The molecule has 7 N–H and O–H groups in total. The third-order valence-corrected chi connectivity index (χ3v) is 7.31. The van der Waals surface area contributed by atoms with Crippen molar-refractivity contribution in [1.82, 2.24) is 20.3 Å². The molecule has 1 aromatic carbocycles. The topological polar surface area (TPSA) is 169 Å². The van der Waals surface area contributed by atoms with Crippen molar-refractivity contribution in [2.75, 3.05) is 62.0 Å². The molecule has 43 heavy (non-hydrogen) atoms. The molecular weight excluding hydrogens is 548 g/mol. The smallest absolute Gasteiger partial charge is 0.251 e. The number of amides is 1. The van der Waals surface area contributed by atoms with Crippen LogP contribution in [0.25, 0.3) is 0 Å². The van der Waals surface area contributed by atoms with E-state index in [1.807, 2.05) is 12.1 Å². The summed E-state index contributed by atoms with van der Waals surface area (Å²) in [4.78, 5) is 26.3. The number of benzene rings is 1. The Kier molecular flexibility index (Phi) is 16.6. The van der Waals surface area contributed by atoms with Crippen molar-refractivity contribution < 1.29 is 19.4 Å². The number of aliphatic hydroxyl groups is 1. The van der Waals surface area contributed by atoms with Gasteiger partial charge in [0.05, 0.1) is 32.5 Å². The molecule has 12 heteroatoms. The molecule has 0 radical (unpaired) electrons. The fraction of sp³-hybridized carbons (Fsp3) is 0.677. The van der Waals surface area contributed by atoms with E-state index in [2.05, 4.69) is 43.1 Å². The maximum atomic E-state index is 12.5. The first-order chi connectivity index (χ1) is 21.1. The van der Waals surface area contributed by atoms with E-state index in [0.717, 1.165) is 44.2 Å². The van der Waals surface area contributed by atoms with Gasteiger partial charge in [0.15, 0.2) is 0 Å². The van der Waals surface area contributed by atoms with E-state index in [1.54, 1.807) is 12.1 Å². The molecule has 1 heterocycles. The first kappa shape index (κ1) is 34.4. The van der Waals surface area contributed by atoms with E-state index in [-0.39, 0.29) is 18.1 Å². The van der Waals surface area contributed by atoms with Crippen molar-refractivity contribution >= 4 is 23.8 Å². The highest BCUT2D eigenvalue weighted by Crippen LogP contribution is 2.22. The van der Waals surface area contributed by atoms with Crippen LogP contribution < -0.4 is 27.0 Å². The average molecular weight is 601 g/mol. The van der Waals surface area contributed by atoms with Gasteiger partial charge in [0, 0.05) is 37.8 Å². The maximum Gasteiger partial charge on any atom is 0.251 e. The number of hydrogen-bond acceptors (Lipinski definition) is 11. The molecule has 0 atom stereocenters. The predicted molar refractivity (Wildman–Crippen MR) is 170 cm³/mol. The van der Waals surface area contributed by atoms with E-state index >= 15 is 0 Å². The van der Waals surface area contributed by atoms with Gasteiger partial charge in [-0.2, -0.15) is 15.0 Å². The Hall–Kier alpha value is -3.06. The molecule has 2 aromatic rings. The van der Waals surface area contributed by atoms with Crippen molar-refractivity contribution in [1.29, 1.82) is 0 Å². The van der Waals surface area contributed by atoms with E-state index < -0.39 is 0 Å². The number of aromatic nitrogens is 3. The minimum atomic E-state index is -0.216. The number of carbonyl (C=O) groups excluding carboxylic acids is 1. The molecule has 1 aliphatic carbocycles. The van der Waals surface area contributed by atoms with Gasteiger partial charge in [0.25, 0.3) is 5.91 Å². The summed E-state index contributed by atoms with van der Waals surface area (Å²) in [5.41, 5.74) is 6.95. The van der Waals surface area contributed by atoms with E-state index in [0.29, 0.717) is 69.5 Å². The second kappa shape index (κ2) is 20.8. The third kappa shape index (κ3) is 14.3. The molecule has 12 nitrogen and oxygen atoms in total. The standard InChI is InChI=1S/C31H52N8O4/c1-2-3-4-5-6-7-17-34-29-37-30(39-31(38-29)36-26-12-14-27(40)15-13-26)35-23-24-8-10-25(11-9-24)28(41)33-18-20-43-22-21-42-19-16-32/h8-11,26-27,40H,2-7,12-23,32H2,1H3,(H,33,41)(H3,34,35,36,37,38,39). The zero-order valence-corrected chi connectivity index (χ0v) is 25.8. The van der Waals surface area contributed by atoms with Crippen LogP contribution in [0.4, 0.5) is 17.8 Å². The maximum absolute atomic E-state index is 12.5. The Morgan fingerprint density at radius 2 is 1.49 bits per heavy atom. The van der Waals surface area contributed by atoms with Crippen molar-refractivity contribution in [3.63, 3.8) is 0 Å². The monoisotopic (exact) mass is 600 g/mol. The van der Waals surface area contributed by atoms with Crippen molar-refractivity contribution in [3.8, 4) is 0 Å². The van der Waals surface area contributed by atoms with Crippen LogP contribution in [0.2, 0.25) is 0 Å². The lowest BCUT2D eigenvalue weighted by Crippen LogP contribution is -2.29. The number of anilines is 3. The number of nitrogens with zero attached hydrogens (tertiary/aromatic N) is 3. The average Bonchev–Trinajstić information content (AvgIpc) is 3.02. The lowest BCUT2D eigenvalue weighted by atomic mass is 9.93. The van der Waals surface area contributed by atoms with Crippen molar-refractivity contribution in [2.45, 2.75) is 89.8 Å². The van der Waals surface area contributed by atoms with Gasteiger partial charge < -0.3 is 41.6 Å². The quantitative estimate of drug-likeness (QED) is 0.109. The molecule has 0 unspecified atom stereocenters. The van der Waals surface area contributed by atoms with Gasteiger partial charge in [-0.25, -0.2) is 0 Å². The molecule has 240 valence electrons. The molecule has 1 aromatic heterocycles. The Balaban J connectivity index is 1.48. The molecule has 0 bridgehead atoms. The van der Waals surface area contributed by atoms with Crippen LogP contribution in [0.5, 0.6) is 0 Å². The van der Waals surface area contributed by atoms with Crippen molar-refractivity contribution in [2.24, 2.45) is 5.73 Å². The Bertz CT molecular complexity index is 1030. The summed E-state index contributed by atoms with van der Waals surface area (Å²) in [5.74, 6) is 1.41. The number of hydrogen-bond donors (Lipinski definition) is 6. The first-order valence-corrected chi connectivity index (χ1v) is 16.0. The zero-order valence-electron chi connectivity index (χ0n) is 25.8. The fourth-order valence-electron chi connectivity index (χ4n) is 4.81. The van der Waals surface area contributed by atoms with Crippen LogP contribution >= 0.6 is 0 Å². The Morgan fingerprint density at radius 3 is 2.21 bits per heavy atom. The fourth-order valence-corrected chi connectivity index (χ4v) is 4.81. The number of carbonyl (C=O) groups is 1. The molecule has 3 rings (SSSR count). The second-order valence-electron chi connectivity index (χ2n) is 11.0. The van der Waals surface area contributed by atoms with Gasteiger partial charge in [-0.1, -0.05) is 51.2 Å². The van der Waals surface area contributed by atoms with Crippen LogP contribution in [0.1, 0.15) is 87.1 Å². The lowest BCUT2D eigenvalue weighted by Gasteiger charge is -2.26. The van der Waals surface area contributed by atoms with Crippen LogP contribution in [-0.2, 0) is 16.0 Å². The normalized spacial score (nSPS) is 16.5. The minimum absolute atomic E-state index is 0.146. The summed E-state index contributed by atoms with van der Waals surface area (Å²) in [6.45, 7) is 6.35. The number of nitrogens with two attached hydrogens (primary N) is 1. The van der Waals surface area contributed by atoms with Crippen LogP contribution in [0, 0.1) is 0 Å². The lowest BCUT2D eigenvalue weighted by molar-refractivity contribution is 0.0511. The molecular formula is C31H52N8O4. The Morgan fingerprint density at radius 1 is 0.837 bits per heavy atom. The SMILES string of the molecule is CCCCCCCCNc1nc(NCc2ccc(C(=O)NCCOCCOCCN)cc2)nc(NC2CCC(O)CC2)n1. The first-order valence-electron chi connectivity index (χ1n) is 16.0. The highest BCUT2D eigenvalue weighted by molar-refractivity contribution is 5.94. The minimum Gasteiger partial charge on any atom is -0.393 e.